The molecule has 0 aliphatic rings. The second-order valence-corrected chi connectivity index (χ2v) is 5.06. The number of aromatic nitrogens is 4. The van der Waals surface area contributed by atoms with Crippen LogP contribution in [0.1, 0.15) is 17.1 Å². The first-order valence-electron chi connectivity index (χ1n) is 6.95. The molecule has 0 N–H and O–H groups in total. The molecule has 0 fully saturated rings. The average molecular weight is 338 g/mol. The summed E-state index contributed by atoms with van der Waals surface area (Å²) in [6.45, 7) is 1.01. The number of imidazole rings is 1. The zero-order valence-corrected chi connectivity index (χ0v) is 12.6. The van der Waals surface area contributed by atoms with Gasteiger partial charge in [0, 0.05) is 19.2 Å². The van der Waals surface area contributed by atoms with Crippen molar-refractivity contribution in [1.82, 2.24) is 19.7 Å². The summed E-state index contributed by atoms with van der Waals surface area (Å²) in [5.41, 5.74) is 2.32. The normalized spacial score (nSPS) is 11.8. The summed E-state index contributed by atoms with van der Waals surface area (Å²) < 4.78 is 48.7. The van der Waals surface area contributed by atoms with Crippen molar-refractivity contribution < 1.29 is 22.4 Å². The molecule has 0 unspecified atom stereocenters. The van der Waals surface area contributed by atoms with Crippen LogP contribution < -0.4 is 0 Å². The molecule has 0 aliphatic heterocycles. The van der Waals surface area contributed by atoms with E-state index in [1.165, 1.54) is 0 Å². The molecule has 9 heteroatoms. The van der Waals surface area contributed by atoms with Gasteiger partial charge in [0.15, 0.2) is 0 Å². The Balaban J connectivity index is 1.76. The fraction of sp³-hybridized carbons (Fsp3) is 0.267. The maximum atomic E-state index is 12.5. The Morgan fingerprint density at radius 2 is 1.96 bits per heavy atom. The molecule has 0 aliphatic carbocycles. The lowest BCUT2D eigenvalue weighted by Gasteiger charge is -2.08. The van der Waals surface area contributed by atoms with E-state index in [1.807, 2.05) is 4.57 Å². The van der Waals surface area contributed by atoms with E-state index in [2.05, 4.69) is 19.6 Å². The second kappa shape index (κ2) is 6.44. The zero-order chi connectivity index (χ0) is 17.2. The number of ether oxygens (including phenoxy) is 1. The summed E-state index contributed by atoms with van der Waals surface area (Å²) in [6, 6.07) is 6.87. The van der Waals surface area contributed by atoms with Crippen LogP contribution in [0.5, 0.6) is 0 Å². The minimum Gasteiger partial charge on any atom is -0.378 e. The topological polar surface area (TPSA) is 66.0 Å². The van der Waals surface area contributed by atoms with Gasteiger partial charge >= 0.3 is 12.1 Å². The van der Waals surface area contributed by atoms with Crippen LogP contribution in [-0.2, 0) is 24.1 Å². The maximum Gasteiger partial charge on any atom is 0.471 e. The van der Waals surface area contributed by atoms with Crippen molar-refractivity contribution in [3.63, 3.8) is 0 Å². The van der Waals surface area contributed by atoms with E-state index in [0.717, 1.165) is 11.3 Å². The van der Waals surface area contributed by atoms with Gasteiger partial charge in [-0.1, -0.05) is 29.4 Å². The van der Waals surface area contributed by atoms with Crippen LogP contribution in [0.3, 0.4) is 0 Å². The van der Waals surface area contributed by atoms with E-state index in [0.29, 0.717) is 18.7 Å². The molecule has 24 heavy (non-hydrogen) atoms. The van der Waals surface area contributed by atoms with Crippen molar-refractivity contribution in [3.05, 3.63) is 53.9 Å². The highest BCUT2D eigenvalue weighted by molar-refractivity contribution is 5.54. The van der Waals surface area contributed by atoms with Crippen molar-refractivity contribution in [2.75, 3.05) is 7.11 Å². The molecule has 0 amide bonds. The summed E-state index contributed by atoms with van der Waals surface area (Å²) >= 11 is 0. The van der Waals surface area contributed by atoms with Crippen LogP contribution in [0.2, 0.25) is 0 Å². The number of hydrogen-bond acceptors (Lipinski definition) is 5. The number of nitrogens with zero attached hydrogens (tertiary/aromatic N) is 4. The van der Waals surface area contributed by atoms with E-state index in [9.17, 15) is 13.2 Å². The minimum absolute atomic E-state index is 0.100. The third-order valence-corrected chi connectivity index (χ3v) is 3.32. The predicted octanol–water partition coefficient (Wildman–Crippen LogP) is 3.15. The van der Waals surface area contributed by atoms with Gasteiger partial charge in [-0.15, -0.1) is 0 Å². The molecule has 2 heterocycles. The fourth-order valence-electron chi connectivity index (χ4n) is 2.17. The van der Waals surface area contributed by atoms with Crippen LogP contribution in [0, 0.1) is 0 Å². The molecule has 0 spiro atoms. The average Bonchev–Trinajstić information content (AvgIpc) is 3.18. The molecule has 6 nitrogen and oxygen atoms in total. The lowest BCUT2D eigenvalue weighted by atomic mass is 10.1. The second-order valence-electron chi connectivity index (χ2n) is 5.06. The quantitative estimate of drug-likeness (QED) is 0.715. The van der Waals surface area contributed by atoms with Crippen LogP contribution in [0.15, 0.2) is 41.3 Å². The Morgan fingerprint density at radius 3 is 2.58 bits per heavy atom. The molecule has 3 rings (SSSR count). The Morgan fingerprint density at radius 1 is 1.21 bits per heavy atom. The standard InChI is InChI=1S/C15H13F3N4O2/c1-23-8-12-6-19-9-22(12)7-10-2-4-11(5-3-10)13-20-14(24-21-13)15(16,17)18/h2-6,9H,7-8H2,1H3. The molecule has 1 aromatic carbocycles. The van der Waals surface area contributed by atoms with Gasteiger partial charge in [-0.05, 0) is 5.56 Å². The van der Waals surface area contributed by atoms with E-state index in [4.69, 9.17) is 4.74 Å². The Kier molecular flexibility index (Phi) is 4.34. The Bertz CT molecular complexity index is 809. The largest absolute Gasteiger partial charge is 0.471 e. The molecule has 0 bridgehead atoms. The van der Waals surface area contributed by atoms with E-state index >= 15 is 0 Å². The summed E-state index contributed by atoms with van der Waals surface area (Å²) in [5.74, 6) is -1.46. The summed E-state index contributed by atoms with van der Waals surface area (Å²) in [7, 11) is 1.60. The number of halogens is 3. The van der Waals surface area contributed by atoms with Crippen LogP contribution in [0.25, 0.3) is 11.4 Å². The van der Waals surface area contributed by atoms with Gasteiger partial charge in [0.1, 0.15) is 0 Å². The first-order valence-corrected chi connectivity index (χ1v) is 6.95. The lowest BCUT2D eigenvalue weighted by Crippen LogP contribution is -2.05. The van der Waals surface area contributed by atoms with E-state index in [-0.39, 0.29) is 5.82 Å². The van der Waals surface area contributed by atoms with Gasteiger partial charge in [-0.3, -0.25) is 0 Å². The van der Waals surface area contributed by atoms with Crippen molar-refractivity contribution >= 4 is 0 Å². The molecule has 0 radical (unpaired) electrons. The van der Waals surface area contributed by atoms with E-state index in [1.54, 1.807) is 43.9 Å². The van der Waals surface area contributed by atoms with Gasteiger partial charge in [0.25, 0.3) is 0 Å². The predicted molar refractivity (Wildman–Crippen MR) is 76.8 cm³/mol. The number of benzene rings is 1. The summed E-state index contributed by atoms with van der Waals surface area (Å²) in [4.78, 5) is 7.43. The van der Waals surface area contributed by atoms with Crippen molar-refractivity contribution in [2.24, 2.45) is 0 Å². The Hall–Kier alpha value is -2.68. The molecule has 0 saturated carbocycles. The maximum absolute atomic E-state index is 12.5. The molecule has 0 saturated heterocycles. The van der Waals surface area contributed by atoms with Gasteiger partial charge in [-0.2, -0.15) is 18.2 Å². The van der Waals surface area contributed by atoms with Crippen molar-refractivity contribution in [1.29, 1.82) is 0 Å². The number of hydrogen-bond donors (Lipinski definition) is 0. The van der Waals surface area contributed by atoms with Gasteiger partial charge in [0.05, 0.1) is 24.8 Å². The smallest absolute Gasteiger partial charge is 0.378 e. The third kappa shape index (κ3) is 3.46. The first-order chi connectivity index (χ1) is 11.5. The number of rotatable bonds is 5. The van der Waals surface area contributed by atoms with E-state index < -0.39 is 12.1 Å². The van der Waals surface area contributed by atoms with Crippen molar-refractivity contribution in [3.8, 4) is 11.4 Å². The Labute approximate surface area is 134 Å². The molecular formula is C15H13F3N4O2. The summed E-state index contributed by atoms with van der Waals surface area (Å²) in [5, 5.41) is 3.36. The third-order valence-electron chi connectivity index (χ3n) is 3.32. The SMILES string of the molecule is COCc1cncn1Cc1ccc(-c2noc(C(F)(F)F)n2)cc1. The highest BCUT2D eigenvalue weighted by Crippen LogP contribution is 2.29. The molecular weight excluding hydrogens is 325 g/mol. The number of methoxy groups -OCH3 is 1. The highest BCUT2D eigenvalue weighted by atomic mass is 19.4. The molecule has 2 aromatic heterocycles. The van der Waals surface area contributed by atoms with Crippen LogP contribution in [-0.4, -0.2) is 26.8 Å². The molecule has 0 atom stereocenters. The van der Waals surface area contributed by atoms with Crippen LogP contribution in [0.4, 0.5) is 13.2 Å². The zero-order valence-electron chi connectivity index (χ0n) is 12.6. The molecule has 3 aromatic rings. The first kappa shape index (κ1) is 16.2. The lowest BCUT2D eigenvalue weighted by molar-refractivity contribution is -0.159. The molecule has 126 valence electrons. The van der Waals surface area contributed by atoms with Gasteiger partial charge < -0.3 is 13.8 Å². The monoisotopic (exact) mass is 338 g/mol. The van der Waals surface area contributed by atoms with Gasteiger partial charge in [0.2, 0.25) is 5.82 Å². The highest BCUT2D eigenvalue weighted by Gasteiger charge is 2.38. The minimum atomic E-state index is -4.65. The fourth-order valence-corrected chi connectivity index (χ4v) is 2.17. The summed E-state index contributed by atoms with van der Waals surface area (Å²) in [6.07, 6.45) is -1.24. The van der Waals surface area contributed by atoms with Gasteiger partial charge in [-0.25, -0.2) is 4.98 Å². The van der Waals surface area contributed by atoms with Crippen LogP contribution >= 0.6 is 0 Å². The number of alkyl halides is 3. The van der Waals surface area contributed by atoms with Crippen molar-refractivity contribution in [2.45, 2.75) is 19.3 Å².